The van der Waals surface area contributed by atoms with Gasteiger partial charge in [-0.2, -0.15) is 0 Å². The van der Waals surface area contributed by atoms with E-state index in [1.807, 2.05) is 18.2 Å². The quantitative estimate of drug-likeness (QED) is 0.382. The van der Waals surface area contributed by atoms with Crippen molar-refractivity contribution in [1.82, 2.24) is 0 Å². The van der Waals surface area contributed by atoms with Gasteiger partial charge in [-0.1, -0.05) is 19.0 Å². The number of oxime groups is 1. The van der Waals surface area contributed by atoms with Crippen LogP contribution < -0.4 is 10.6 Å². The van der Waals surface area contributed by atoms with Crippen molar-refractivity contribution >= 4 is 27.5 Å². The first kappa shape index (κ1) is 13.2. The lowest BCUT2D eigenvalue weighted by atomic mass is 9.93. The molecule has 1 aromatic rings. The van der Waals surface area contributed by atoms with Gasteiger partial charge in [0.15, 0.2) is 5.84 Å². The summed E-state index contributed by atoms with van der Waals surface area (Å²) in [6, 6.07) is 5.77. The number of halogens is 1. The van der Waals surface area contributed by atoms with Crippen LogP contribution in [-0.2, 0) is 0 Å². The lowest BCUT2D eigenvalue weighted by Crippen LogP contribution is -2.23. The molecule has 1 fully saturated rings. The Hall–Kier alpha value is -1.23. The largest absolute Gasteiger partial charge is 0.409 e. The highest BCUT2D eigenvalue weighted by molar-refractivity contribution is 9.10. The molecular weight excluding hydrogens is 294 g/mol. The van der Waals surface area contributed by atoms with Crippen molar-refractivity contribution in [3.8, 4) is 0 Å². The first-order chi connectivity index (χ1) is 8.43. The Morgan fingerprint density at radius 2 is 2.22 bits per heavy atom. The number of nitrogens with two attached hydrogens (primary N) is 1. The fraction of sp³-hybridized carbons (Fsp3) is 0.462. The predicted molar refractivity (Wildman–Crippen MR) is 77.3 cm³/mol. The van der Waals surface area contributed by atoms with E-state index in [-0.39, 0.29) is 5.84 Å². The van der Waals surface area contributed by atoms with Crippen LogP contribution in [0.3, 0.4) is 0 Å². The molecule has 1 saturated heterocycles. The first-order valence-corrected chi connectivity index (χ1v) is 6.75. The van der Waals surface area contributed by atoms with Crippen molar-refractivity contribution in [3.05, 3.63) is 28.2 Å². The van der Waals surface area contributed by atoms with Gasteiger partial charge in [-0.15, -0.1) is 0 Å². The lowest BCUT2D eigenvalue weighted by Gasteiger charge is -2.23. The summed E-state index contributed by atoms with van der Waals surface area (Å²) in [5.41, 5.74) is 7.82. The fourth-order valence-electron chi connectivity index (χ4n) is 2.30. The molecule has 4 nitrogen and oxygen atoms in total. The molecule has 0 aromatic heterocycles. The molecule has 18 heavy (non-hydrogen) atoms. The van der Waals surface area contributed by atoms with Gasteiger partial charge in [0.05, 0.1) is 5.69 Å². The summed E-state index contributed by atoms with van der Waals surface area (Å²) in [6.45, 7) is 6.68. The molecular formula is C13H18BrN3O. The van der Waals surface area contributed by atoms with E-state index in [0.29, 0.717) is 11.0 Å². The lowest BCUT2D eigenvalue weighted by molar-refractivity contribution is 0.318. The number of hydrogen-bond acceptors (Lipinski definition) is 3. The van der Waals surface area contributed by atoms with Gasteiger partial charge in [0, 0.05) is 23.1 Å². The molecule has 0 amide bonds. The number of nitrogens with zero attached hydrogens (tertiary/aromatic N) is 2. The van der Waals surface area contributed by atoms with Gasteiger partial charge in [-0.3, -0.25) is 0 Å². The Bertz CT molecular complexity index is 485. The summed E-state index contributed by atoms with van der Waals surface area (Å²) in [6.07, 6.45) is 1.20. The maximum Gasteiger partial charge on any atom is 0.170 e. The van der Waals surface area contributed by atoms with Crippen LogP contribution in [0.15, 0.2) is 27.8 Å². The molecule has 1 aromatic carbocycles. The molecule has 1 aliphatic rings. The molecule has 0 radical (unpaired) electrons. The van der Waals surface area contributed by atoms with Crippen LogP contribution in [-0.4, -0.2) is 24.1 Å². The molecule has 0 unspecified atom stereocenters. The molecule has 5 heteroatoms. The van der Waals surface area contributed by atoms with E-state index in [2.05, 4.69) is 39.8 Å². The second-order valence-electron chi connectivity index (χ2n) is 5.49. The molecule has 0 bridgehead atoms. The molecule has 3 N–H and O–H groups in total. The Kier molecular flexibility index (Phi) is 3.52. The minimum Gasteiger partial charge on any atom is -0.409 e. The Morgan fingerprint density at radius 1 is 1.50 bits per heavy atom. The number of hydrogen-bond donors (Lipinski definition) is 2. The van der Waals surface area contributed by atoms with Crippen LogP contribution in [0.25, 0.3) is 0 Å². The number of anilines is 1. The molecule has 1 aliphatic heterocycles. The predicted octanol–water partition coefficient (Wildman–Crippen LogP) is 2.78. The number of rotatable bonds is 2. The molecule has 2 rings (SSSR count). The molecule has 98 valence electrons. The van der Waals surface area contributed by atoms with Crippen molar-refractivity contribution in [2.75, 3.05) is 18.0 Å². The van der Waals surface area contributed by atoms with E-state index in [1.165, 1.54) is 6.42 Å². The van der Waals surface area contributed by atoms with Gasteiger partial charge in [-0.05, 0) is 46.0 Å². The molecule has 0 spiro atoms. The Labute approximate surface area is 116 Å². The van der Waals surface area contributed by atoms with Crippen LogP contribution >= 0.6 is 15.9 Å². The van der Waals surface area contributed by atoms with Gasteiger partial charge >= 0.3 is 0 Å². The third kappa shape index (κ3) is 2.61. The van der Waals surface area contributed by atoms with E-state index >= 15 is 0 Å². The summed E-state index contributed by atoms with van der Waals surface area (Å²) in [5, 5.41) is 11.7. The van der Waals surface area contributed by atoms with E-state index in [0.717, 1.165) is 23.2 Å². The third-order valence-corrected chi connectivity index (χ3v) is 4.00. The molecule has 0 aliphatic carbocycles. The second kappa shape index (κ2) is 4.80. The van der Waals surface area contributed by atoms with Crippen molar-refractivity contribution in [3.63, 3.8) is 0 Å². The minimum atomic E-state index is 0.129. The average Bonchev–Trinajstić information content (AvgIpc) is 2.68. The van der Waals surface area contributed by atoms with E-state index in [1.54, 1.807) is 0 Å². The van der Waals surface area contributed by atoms with Crippen LogP contribution in [0.5, 0.6) is 0 Å². The standard InChI is InChI=1S/C13H18BrN3O/c1-13(2)5-6-17(8-13)11-4-3-9(7-10(11)14)12(15)16-18/h3-4,7,18H,5-6,8H2,1-2H3,(H2,15,16). The van der Waals surface area contributed by atoms with Crippen LogP contribution in [0.1, 0.15) is 25.8 Å². The van der Waals surface area contributed by atoms with E-state index in [4.69, 9.17) is 10.9 Å². The Balaban J connectivity index is 2.26. The van der Waals surface area contributed by atoms with Crippen molar-refractivity contribution in [2.24, 2.45) is 16.3 Å². The van der Waals surface area contributed by atoms with Gasteiger partial charge in [0.25, 0.3) is 0 Å². The molecule has 1 heterocycles. The summed E-state index contributed by atoms with van der Waals surface area (Å²) in [7, 11) is 0. The highest BCUT2D eigenvalue weighted by Crippen LogP contribution is 2.36. The van der Waals surface area contributed by atoms with E-state index < -0.39 is 0 Å². The second-order valence-corrected chi connectivity index (χ2v) is 6.34. The average molecular weight is 312 g/mol. The normalized spacial score (nSPS) is 19.3. The molecule has 0 saturated carbocycles. The zero-order chi connectivity index (χ0) is 13.3. The number of amidine groups is 1. The van der Waals surface area contributed by atoms with Crippen LogP contribution in [0.4, 0.5) is 5.69 Å². The summed E-state index contributed by atoms with van der Waals surface area (Å²) >= 11 is 3.56. The van der Waals surface area contributed by atoms with Crippen LogP contribution in [0.2, 0.25) is 0 Å². The van der Waals surface area contributed by atoms with Crippen molar-refractivity contribution in [2.45, 2.75) is 20.3 Å². The van der Waals surface area contributed by atoms with E-state index in [9.17, 15) is 0 Å². The Morgan fingerprint density at radius 3 is 2.72 bits per heavy atom. The van der Waals surface area contributed by atoms with Crippen molar-refractivity contribution < 1.29 is 5.21 Å². The summed E-state index contributed by atoms with van der Waals surface area (Å²) in [4.78, 5) is 2.36. The van der Waals surface area contributed by atoms with Gasteiger partial charge in [0.1, 0.15) is 0 Å². The maximum atomic E-state index is 8.67. The third-order valence-electron chi connectivity index (χ3n) is 3.37. The van der Waals surface area contributed by atoms with Gasteiger partial charge in [0.2, 0.25) is 0 Å². The van der Waals surface area contributed by atoms with Gasteiger partial charge in [-0.25, -0.2) is 0 Å². The SMILES string of the molecule is CC1(C)CCN(c2ccc(/C(N)=N/O)cc2Br)C1. The van der Waals surface area contributed by atoms with Crippen LogP contribution in [0, 0.1) is 5.41 Å². The summed E-state index contributed by atoms with van der Waals surface area (Å²) < 4.78 is 0.976. The monoisotopic (exact) mass is 311 g/mol. The topological polar surface area (TPSA) is 61.8 Å². The molecule has 0 atom stereocenters. The summed E-state index contributed by atoms with van der Waals surface area (Å²) in [5.74, 6) is 0.129. The zero-order valence-electron chi connectivity index (χ0n) is 10.7. The fourth-order valence-corrected chi connectivity index (χ4v) is 2.93. The number of benzene rings is 1. The minimum absolute atomic E-state index is 0.129. The van der Waals surface area contributed by atoms with Gasteiger partial charge < -0.3 is 15.8 Å². The zero-order valence-corrected chi connectivity index (χ0v) is 12.2. The smallest absolute Gasteiger partial charge is 0.170 e. The highest BCUT2D eigenvalue weighted by atomic mass is 79.9. The maximum absolute atomic E-state index is 8.67. The highest BCUT2D eigenvalue weighted by Gasteiger charge is 2.30. The first-order valence-electron chi connectivity index (χ1n) is 5.95. The van der Waals surface area contributed by atoms with Crippen molar-refractivity contribution in [1.29, 1.82) is 0 Å².